The molecule has 2 aliphatic heterocycles. The Morgan fingerprint density at radius 2 is 2.19 bits per heavy atom. The molecule has 2 saturated heterocycles. The molecule has 1 aromatic rings. The molecule has 116 valence electrons. The molecule has 0 bridgehead atoms. The van der Waals surface area contributed by atoms with Crippen LogP contribution in [0.3, 0.4) is 0 Å². The first-order chi connectivity index (χ1) is 10.1. The van der Waals surface area contributed by atoms with E-state index in [0.29, 0.717) is 12.6 Å². The molecule has 0 saturated carbocycles. The molecule has 3 heterocycles. The zero-order valence-corrected chi connectivity index (χ0v) is 13.3. The lowest BCUT2D eigenvalue weighted by atomic mass is 9.69. The van der Waals surface area contributed by atoms with Gasteiger partial charge in [0.15, 0.2) is 0 Å². The molecule has 0 amide bonds. The molecule has 0 aromatic carbocycles. The molecule has 4 heteroatoms. The maximum Gasteiger partial charge on any atom is 0.0547 e. The summed E-state index contributed by atoms with van der Waals surface area (Å²) >= 11 is 0. The van der Waals surface area contributed by atoms with Gasteiger partial charge in [-0.3, -0.25) is 9.88 Å². The number of likely N-dealkylation sites (N-methyl/N-ethyl adjacent to an activating group) is 1. The number of piperidine rings is 2. The van der Waals surface area contributed by atoms with Gasteiger partial charge in [0.25, 0.3) is 0 Å². The molecule has 1 aromatic heterocycles. The van der Waals surface area contributed by atoms with E-state index in [1.54, 1.807) is 0 Å². The minimum Gasteiger partial charge on any atom is -0.396 e. The fraction of sp³-hybridized carbons (Fsp3) is 0.706. The Balaban J connectivity index is 1.71. The van der Waals surface area contributed by atoms with Crippen molar-refractivity contribution < 1.29 is 5.11 Å². The Hall–Kier alpha value is -0.970. The Labute approximate surface area is 127 Å². The number of hydrogen-bond acceptors (Lipinski definition) is 4. The average molecular weight is 289 g/mol. The van der Waals surface area contributed by atoms with Crippen molar-refractivity contribution >= 4 is 0 Å². The van der Waals surface area contributed by atoms with E-state index in [9.17, 15) is 5.11 Å². The number of rotatable bonds is 3. The van der Waals surface area contributed by atoms with Crippen molar-refractivity contribution in [2.24, 2.45) is 5.41 Å². The smallest absolute Gasteiger partial charge is 0.0547 e. The molecule has 2 atom stereocenters. The van der Waals surface area contributed by atoms with Gasteiger partial charge in [-0.15, -0.1) is 0 Å². The van der Waals surface area contributed by atoms with E-state index in [4.69, 9.17) is 0 Å². The molecular formula is C17H27N3O. The third-order valence-corrected chi connectivity index (χ3v) is 5.43. The van der Waals surface area contributed by atoms with E-state index in [1.807, 2.05) is 13.0 Å². The van der Waals surface area contributed by atoms with Crippen molar-refractivity contribution in [2.75, 3.05) is 33.3 Å². The van der Waals surface area contributed by atoms with E-state index < -0.39 is 0 Å². The van der Waals surface area contributed by atoms with Gasteiger partial charge in [0.1, 0.15) is 0 Å². The predicted octanol–water partition coefficient (Wildman–Crippen LogP) is 1.67. The number of likely N-dealkylation sites (tertiary alicyclic amines) is 2. The van der Waals surface area contributed by atoms with Crippen molar-refractivity contribution in [3.63, 3.8) is 0 Å². The number of nitrogens with zero attached hydrogens (tertiary/aromatic N) is 3. The molecule has 4 nitrogen and oxygen atoms in total. The second-order valence-electron chi connectivity index (χ2n) is 6.88. The molecule has 2 fully saturated rings. The molecule has 3 rings (SSSR count). The highest BCUT2D eigenvalue weighted by molar-refractivity contribution is 5.10. The normalized spacial score (nSPS) is 31.1. The number of fused-ring (bicyclic) bond motifs is 1. The van der Waals surface area contributed by atoms with Gasteiger partial charge < -0.3 is 10.0 Å². The molecule has 0 aliphatic carbocycles. The Kier molecular flexibility index (Phi) is 4.29. The van der Waals surface area contributed by atoms with Gasteiger partial charge in [0.2, 0.25) is 0 Å². The summed E-state index contributed by atoms with van der Waals surface area (Å²) in [5.74, 6) is 0. The van der Waals surface area contributed by atoms with Gasteiger partial charge in [-0.25, -0.2) is 0 Å². The number of aliphatic hydroxyl groups excluding tert-OH is 1. The maximum atomic E-state index is 9.95. The Morgan fingerprint density at radius 1 is 1.33 bits per heavy atom. The lowest BCUT2D eigenvalue weighted by Gasteiger charge is -2.53. The zero-order valence-electron chi connectivity index (χ0n) is 13.3. The summed E-state index contributed by atoms with van der Waals surface area (Å²) in [4.78, 5) is 9.58. The van der Waals surface area contributed by atoms with Gasteiger partial charge in [0, 0.05) is 30.2 Å². The summed E-state index contributed by atoms with van der Waals surface area (Å²) in [5, 5.41) is 9.95. The van der Waals surface area contributed by atoms with Crippen LogP contribution in [0.4, 0.5) is 0 Å². The largest absolute Gasteiger partial charge is 0.396 e. The van der Waals surface area contributed by atoms with Crippen molar-refractivity contribution in [3.8, 4) is 0 Å². The molecule has 0 radical (unpaired) electrons. The molecule has 2 aliphatic rings. The SMILES string of the molecule is Cc1cccc(CN2CC[C@@]3(CO)CCCN(C)[C@@H]3C2)n1. The van der Waals surface area contributed by atoms with Crippen LogP contribution in [-0.2, 0) is 6.54 Å². The third-order valence-electron chi connectivity index (χ3n) is 5.43. The van der Waals surface area contributed by atoms with Crippen molar-refractivity contribution in [1.29, 1.82) is 0 Å². The van der Waals surface area contributed by atoms with E-state index in [0.717, 1.165) is 44.0 Å². The highest BCUT2D eigenvalue weighted by atomic mass is 16.3. The van der Waals surface area contributed by atoms with Crippen LogP contribution in [0.1, 0.15) is 30.7 Å². The van der Waals surface area contributed by atoms with Crippen molar-refractivity contribution in [3.05, 3.63) is 29.6 Å². The quantitative estimate of drug-likeness (QED) is 0.919. The van der Waals surface area contributed by atoms with Gasteiger partial charge in [-0.2, -0.15) is 0 Å². The van der Waals surface area contributed by atoms with Crippen LogP contribution in [0.2, 0.25) is 0 Å². The van der Waals surface area contributed by atoms with Crippen molar-refractivity contribution in [1.82, 2.24) is 14.8 Å². The fourth-order valence-electron chi connectivity index (χ4n) is 4.14. The Morgan fingerprint density at radius 3 is 2.95 bits per heavy atom. The zero-order chi connectivity index (χ0) is 14.9. The van der Waals surface area contributed by atoms with E-state index in [2.05, 4.69) is 34.0 Å². The Bertz CT molecular complexity index is 493. The van der Waals surface area contributed by atoms with Gasteiger partial charge >= 0.3 is 0 Å². The van der Waals surface area contributed by atoms with Gasteiger partial charge in [-0.1, -0.05) is 6.07 Å². The second kappa shape index (κ2) is 6.03. The summed E-state index contributed by atoms with van der Waals surface area (Å²) in [7, 11) is 2.21. The van der Waals surface area contributed by atoms with Gasteiger partial charge in [0.05, 0.1) is 12.3 Å². The van der Waals surface area contributed by atoms with E-state index in [-0.39, 0.29) is 5.41 Å². The van der Waals surface area contributed by atoms with Crippen LogP contribution in [0.5, 0.6) is 0 Å². The van der Waals surface area contributed by atoms with Crippen LogP contribution in [0.25, 0.3) is 0 Å². The number of hydrogen-bond donors (Lipinski definition) is 1. The van der Waals surface area contributed by atoms with Crippen molar-refractivity contribution in [2.45, 2.75) is 38.8 Å². The van der Waals surface area contributed by atoms with Crippen LogP contribution in [0.15, 0.2) is 18.2 Å². The predicted molar refractivity (Wildman–Crippen MR) is 84.0 cm³/mol. The monoisotopic (exact) mass is 289 g/mol. The lowest BCUT2D eigenvalue weighted by molar-refractivity contribution is -0.0686. The second-order valence-corrected chi connectivity index (χ2v) is 6.88. The summed E-state index contributed by atoms with van der Waals surface area (Å²) in [6.45, 7) is 6.58. The van der Waals surface area contributed by atoms with Crippen LogP contribution >= 0.6 is 0 Å². The first kappa shape index (κ1) is 14.9. The third kappa shape index (κ3) is 2.98. The van der Waals surface area contributed by atoms with Gasteiger partial charge in [-0.05, 0) is 58.5 Å². The topological polar surface area (TPSA) is 39.6 Å². The maximum absolute atomic E-state index is 9.95. The molecular weight excluding hydrogens is 262 g/mol. The van der Waals surface area contributed by atoms with Crippen LogP contribution in [-0.4, -0.2) is 59.2 Å². The van der Waals surface area contributed by atoms with E-state index >= 15 is 0 Å². The number of pyridine rings is 1. The molecule has 1 N–H and O–H groups in total. The summed E-state index contributed by atoms with van der Waals surface area (Å²) in [6.07, 6.45) is 3.49. The molecule has 0 unspecified atom stereocenters. The molecule has 21 heavy (non-hydrogen) atoms. The fourth-order valence-corrected chi connectivity index (χ4v) is 4.14. The first-order valence-corrected chi connectivity index (χ1v) is 8.09. The average Bonchev–Trinajstić information content (AvgIpc) is 2.48. The summed E-state index contributed by atoms with van der Waals surface area (Å²) in [6, 6.07) is 6.73. The van der Waals surface area contributed by atoms with E-state index in [1.165, 1.54) is 12.8 Å². The highest BCUT2D eigenvalue weighted by Crippen LogP contribution is 2.41. The first-order valence-electron chi connectivity index (χ1n) is 8.09. The van der Waals surface area contributed by atoms with Crippen LogP contribution < -0.4 is 0 Å². The minimum atomic E-state index is 0.129. The highest BCUT2D eigenvalue weighted by Gasteiger charge is 2.46. The summed E-state index contributed by atoms with van der Waals surface area (Å²) in [5.41, 5.74) is 2.37. The standard InChI is InChI=1S/C17H27N3O/c1-14-5-3-6-15(18-14)11-20-10-8-17(13-21)7-4-9-19(2)16(17)12-20/h3,5-6,16,21H,4,7-13H2,1-2H3/t16-,17-/m1/s1. The van der Waals surface area contributed by atoms with Crippen LogP contribution in [0, 0.1) is 12.3 Å². The summed E-state index contributed by atoms with van der Waals surface area (Å²) < 4.78 is 0. The number of aliphatic hydroxyl groups is 1. The number of aromatic nitrogens is 1. The molecule has 0 spiro atoms. The minimum absolute atomic E-state index is 0.129. The lowest BCUT2D eigenvalue weighted by Crippen LogP contribution is -2.61. The number of aryl methyl sites for hydroxylation is 1.